The molecule has 4 aromatic rings. The maximum absolute atomic E-state index is 12.7. The minimum atomic E-state index is -0.472. The van der Waals surface area contributed by atoms with Gasteiger partial charge >= 0.3 is 0 Å². The molecule has 3 aromatic heterocycles. The van der Waals surface area contributed by atoms with E-state index >= 15 is 0 Å². The van der Waals surface area contributed by atoms with Crippen molar-refractivity contribution in [1.29, 1.82) is 0 Å². The molecule has 3 heterocycles. The first-order valence-corrected chi connectivity index (χ1v) is 10.6. The Balaban J connectivity index is 1.35. The number of benzene rings is 1. The fourth-order valence-electron chi connectivity index (χ4n) is 3.53. The number of hydrogen-bond donors (Lipinski definition) is 2. The van der Waals surface area contributed by atoms with E-state index in [4.69, 9.17) is 0 Å². The highest BCUT2D eigenvalue weighted by Gasteiger charge is 2.28. The SMILES string of the molecule is Cc1nc(C2CC2)nc2sc(C(=O)NNC(=O)c3ccc4ccccc4n3)c(C)c12. The first kappa shape index (κ1) is 18.6. The molecule has 0 aliphatic heterocycles. The summed E-state index contributed by atoms with van der Waals surface area (Å²) in [5, 5.41) is 1.86. The normalized spacial score (nSPS) is 13.5. The van der Waals surface area contributed by atoms with E-state index in [2.05, 4.69) is 25.8 Å². The van der Waals surface area contributed by atoms with E-state index < -0.39 is 5.91 Å². The van der Waals surface area contributed by atoms with E-state index in [1.54, 1.807) is 6.07 Å². The highest BCUT2D eigenvalue weighted by molar-refractivity contribution is 7.20. The summed E-state index contributed by atoms with van der Waals surface area (Å²) < 4.78 is 0. The lowest BCUT2D eigenvalue weighted by Crippen LogP contribution is -2.41. The molecule has 0 unspecified atom stereocenters. The Kier molecular flexibility index (Phi) is 4.43. The van der Waals surface area contributed by atoms with Crippen molar-refractivity contribution < 1.29 is 9.59 Å². The van der Waals surface area contributed by atoms with Crippen molar-refractivity contribution in [1.82, 2.24) is 25.8 Å². The predicted molar refractivity (Wildman–Crippen MR) is 116 cm³/mol. The third kappa shape index (κ3) is 3.29. The van der Waals surface area contributed by atoms with Crippen LogP contribution in [0, 0.1) is 13.8 Å². The molecule has 0 radical (unpaired) electrons. The van der Waals surface area contributed by atoms with Crippen LogP contribution in [0.5, 0.6) is 0 Å². The van der Waals surface area contributed by atoms with E-state index in [1.165, 1.54) is 11.3 Å². The van der Waals surface area contributed by atoms with Crippen LogP contribution in [0.2, 0.25) is 0 Å². The van der Waals surface area contributed by atoms with E-state index in [1.807, 2.05) is 44.2 Å². The molecule has 0 saturated heterocycles. The second-order valence-corrected chi connectivity index (χ2v) is 8.47. The Hall–Kier alpha value is -3.39. The lowest BCUT2D eigenvalue weighted by Gasteiger charge is -2.07. The molecule has 5 rings (SSSR count). The molecule has 2 amide bonds. The van der Waals surface area contributed by atoms with Crippen LogP contribution >= 0.6 is 11.3 Å². The highest BCUT2D eigenvalue weighted by atomic mass is 32.1. The molecule has 150 valence electrons. The molecule has 1 saturated carbocycles. The number of rotatable bonds is 3. The van der Waals surface area contributed by atoms with Gasteiger partial charge in [-0.1, -0.05) is 24.3 Å². The minimum absolute atomic E-state index is 0.234. The summed E-state index contributed by atoms with van der Waals surface area (Å²) in [5.41, 5.74) is 7.62. The van der Waals surface area contributed by atoms with Gasteiger partial charge in [0.25, 0.3) is 11.8 Å². The molecular weight excluding hydrogens is 398 g/mol. The summed E-state index contributed by atoms with van der Waals surface area (Å²) >= 11 is 1.32. The smallest absolute Gasteiger partial charge is 0.266 e. The number of carbonyl (C=O) groups is 2. The number of aryl methyl sites for hydroxylation is 2. The summed E-state index contributed by atoms with van der Waals surface area (Å²) in [4.78, 5) is 40.2. The van der Waals surface area contributed by atoms with Gasteiger partial charge in [0.2, 0.25) is 0 Å². The van der Waals surface area contributed by atoms with Crippen molar-refractivity contribution >= 4 is 44.3 Å². The van der Waals surface area contributed by atoms with Crippen LogP contribution in [0.4, 0.5) is 0 Å². The quantitative estimate of drug-likeness (QED) is 0.494. The fraction of sp³-hybridized carbons (Fsp3) is 0.227. The van der Waals surface area contributed by atoms with Crippen LogP contribution in [0.15, 0.2) is 36.4 Å². The molecule has 30 heavy (non-hydrogen) atoms. The Bertz CT molecular complexity index is 1330. The van der Waals surface area contributed by atoms with Gasteiger partial charge in [-0.25, -0.2) is 15.0 Å². The summed E-state index contributed by atoms with van der Waals surface area (Å²) in [5.74, 6) is 0.460. The van der Waals surface area contributed by atoms with Gasteiger partial charge in [-0.15, -0.1) is 11.3 Å². The molecule has 0 atom stereocenters. The first-order chi connectivity index (χ1) is 14.5. The van der Waals surface area contributed by atoms with Gasteiger partial charge in [-0.3, -0.25) is 20.4 Å². The lowest BCUT2D eigenvalue weighted by molar-refractivity contribution is 0.0846. The number of hydrazine groups is 1. The molecular formula is C22H19N5O2S. The van der Waals surface area contributed by atoms with Crippen LogP contribution in [-0.4, -0.2) is 26.8 Å². The number of para-hydroxylation sites is 1. The highest BCUT2D eigenvalue weighted by Crippen LogP contribution is 2.40. The largest absolute Gasteiger partial charge is 0.288 e. The third-order valence-electron chi connectivity index (χ3n) is 5.26. The van der Waals surface area contributed by atoms with Gasteiger partial charge in [0.15, 0.2) is 0 Å². The summed E-state index contributed by atoms with van der Waals surface area (Å²) in [6.07, 6.45) is 2.25. The second kappa shape index (κ2) is 7.14. The number of thiophene rings is 1. The standard InChI is InChI=1S/C22H19N5O2S/c1-11-17-12(2)23-19(14-7-8-14)25-22(17)30-18(11)21(29)27-26-20(28)16-10-9-13-5-3-4-6-15(13)24-16/h3-6,9-10,14H,7-8H2,1-2H3,(H,26,28)(H,27,29). The van der Waals surface area contributed by atoms with Crippen LogP contribution in [0.3, 0.4) is 0 Å². The Morgan fingerprint density at radius 2 is 1.73 bits per heavy atom. The average Bonchev–Trinajstić information content (AvgIpc) is 3.55. The fourth-order valence-corrected chi connectivity index (χ4v) is 4.66. The number of carbonyl (C=O) groups excluding carboxylic acids is 2. The van der Waals surface area contributed by atoms with Crippen LogP contribution < -0.4 is 10.9 Å². The second-order valence-electron chi connectivity index (χ2n) is 7.48. The van der Waals surface area contributed by atoms with Gasteiger partial charge < -0.3 is 0 Å². The van der Waals surface area contributed by atoms with Crippen molar-refractivity contribution in [3.63, 3.8) is 0 Å². The number of aromatic nitrogens is 3. The number of hydrogen-bond acceptors (Lipinski definition) is 6. The summed E-state index contributed by atoms with van der Waals surface area (Å²) in [6, 6.07) is 11.0. The number of pyridine rings is 1. The van der Waals surface area contributed by atoms with Crippen molar-refractivity contribution in [3.8, 4) is 0 Å². The maximum Gasteiger partial charge on any atom is 0.288 e. The molecule has 1 aliphatic carbocycles. The maximum atomic E-state index is 12.7. The van der Waals surface area contributed by atoms with Gasteiger partial charge in [0.1, 0.15) is 16.3 Å². The minimum Gasteiger partial charge on any atom is -0.266 e. The summed E-state index contributed by atoms with van der Waals surface area (Å²) in [7, 11) is 0. The number of nitrogens with zero attached hydrogens (tertiary/aromatic N) is 3. The van der Waals surface area contributed by atoms with E-state index in [-0.39, 0.29) is 11.6 Å². The molecule has 2 N–H and O–H groups in total. The summed E-state index contributed by atoms with van der Waals surface area (Å²) in [6.45, 7) is 3.83. The van der Waals surface area contributed by atoms with E-state index in [0.717, 1.165) is 51.0 Å². The van der Waals surface area contributed by atoms with E-state index in [9.17, 15) is 9.59 Å². The first-order valence-electron chi connectivity index (χ1n) is 9.75. The molecule has 7 nitrogen and oxygen atoms in total. The van der Waals surface area contributed by atoms with Crippen molar-refractivity contribution in [2.24, 2.45) is 0 Å². The number of fused-ring (bicyclic) bond motifs is 2. The topological polar surface area (TPSA) is 96.9 Å². The Labute approximate surface area is 176 Å². The van der Waals surface area contributed by atoms with Crippen molar-refractivity contribution in [3.05, 3.63) is 64.1 Å². The monoisotopic (exact) mass is 417 g/mol. The molecule has 8 heteroatoms. The van der Waals surface area contributed by atoms with Gasteiger partial charge in [-0.05, 0) is 44.4 Å². The molecule has 1 aromatic carbocycles. The Morgan fingerprint density at radius 1 is 0.967 bits per heavy atom. The lowest BCUT2D eigenvalue weighted by atomic mass is 10.1. The van der Waals surface area contributed by atoms with E-state index in [0.29, 0.717) is 10.8 Å². The predicted octanol–water partition coefficient (Wildman–Crippen LogP) is 3.81. The zero-order valence-corrected chi connectivity index (χ0v) is 17.3. The van der Waals surface area contributed by atoms with Gasteiger partial charge in [0, 0.05) is 16.7 Å². The van der Waals surface area contributed by atoms with Gasteiger partial charge in [-0.2, -0.15) is 0 Å². The number of nitrogens with one attached hydrogen (secondary N) is 2. The molecule has 0 bridgehead atoms. The van der Waals surface area contributed by atoms with Crippen LogP contribution in [0.1, 0.15) is 56.0 Å². The van der Waals surface area contributed by atoms with Crippen LogP contribution in [-0.2, 0) is 0 Å². The zero-order chi connectivity index (χ0) is 20.8. The third-order valence-corrected chi connectivity index (χ3v) is 6.44. The Morgan fingerprint density at radius 3 is 2.53 bits per heavy atom. The van der Waals surface area contributed by atoms with Gasteiger partial charge in [0.05, 0.1) is 16.1 Å². The molecule has 1 fully saturated rings. The van der Waals surface area contributed by atoms with Crippen LogP contribution in [0.25, 0.3) is 21.1 Å². The molecule has 1 aliphatic rings. The van der Waals surface area contributed by atoms with Crippen molar-refractivity contribution in [2.75, 3.05) is 0 Å². The number of amides is 2. The zero-order valence-electron chi connectivity index (χ0n) is 16.5. The average molecular weight is 417 g/mol. The molecule has 0 spiro atoms. The van der Waals surface area contributed by atoms with Crippen molar-refractivity contribution in [2.45, 2.75) is 32.6 Å².